The van der Waals surface area contributed by atoms with Gasteiger partial charge < -0.3 is 17.7 Å². The number of aromatic nitrogens is 4. The zero-order valence-corrected chi connectivity index (χ0v) is 63.4. The van der Waals surface area contributed by atoms with Gasteiger partial charge in [-0.2, -0.15) is 18.3 Å². The molecule has 1 fully saturated rings. The lowest BCUT2D eigenvalue weighted by molar-refractivity contribution is -0.659. The van der Waals surface area contributed by atoms with Gasteiger partial charge in [-0.15, -0.1) is 0 Å². The molecule has 0 aliphatic heterocycles. The molecule has 8 heteroatoms. The van der Waals surface area contributed by atoms with Crippen LogP contribution in [0.2, 0.25) is 0 Å². The van der Waals surface area contributed by atoms with Crippen LogP contribution in [0.4, 0.5) is 0 Å². The third-order valence-corrected chi connectivity index (χ3v) is 22.6. The van der Waals surface area contributed by atoms with E-state index < -0.39 is 12.7 Å². The summed E-state index contributed by atoms with van der Waals surface area (Å²) in [4.78, 5) is 0. The lowest BCUT2D eigenvalue weighted by Crippen LogP contribution is -2.30. The number of hydrogen-bond donors (Lipinski definition) is 0. The van der Waals surface area contributed by atoms with E-state index in [1.54, 1.807) is 12.1 Å². The van der Waals surface area contributed by atoms with Crippen LogP contribution in [0.25, 0.3) is 176 Å². The van der Waals surface area contributed by atoms with E-state index in [1.165, 1.54) is 122 Å². The van der Waals surface area contributed by atoms with Gasteiger partial charge in [0.2, 0.25) is 47.6 Å². The zero-order chi connectivity index (χ0) is 77.9. The monoisotopic (exact) mass is 1420 g/mol. The molecule has 8 nitrogen and oxygen atoms in total. The Morgan fingerprint density at radius 1 is 0.275 bits per heavy atom. The van der Waals surface area contributed by atoms with E-state index in [2.05, 4.69) is 313 Å². The summed E-state index contributed by atoms with van der Waals surface area (Å²) in [6, 6.07) is 85.2. The first-order chi connectivity index (χ1) is 54.5. The molecule has 1 saturated carbocycles. The smallest absolute Gasteiger partial charge is 0.213 e. The quantitative estimate of drug-likeness (QED) is 0.161. The van der Waals surface area contributed by atoms with Crippen LogP contribution in [-0.2, 0) is 28.2 Å². The minimum atomic E-state index is -2.10. The van der Waals surface area contributed by atoms with E-state index >= 15 is 0 Å². The first kappa shape index (κ1) is 63.7. The van der Waals surface area contributed by atoms with Gasteiger partial charge in [0.15, 0.2) is 22.3 Å². The van der Waals surface area contributed by atoms with Crippen molar-refractivity contribution >= 4 is 131 Å². The van der Waals surface area contributed by atoms with Crippen LogP contribution in [0.15, 0.2) is 285 Å². The molecule has 0 radical (unpaired) electrons. The Morgan fingerprint density at radius 2 is 0.587 bits per heavy atom. The van der Waals surface area contributed by atoms with Crippen LogP contribution in [-0.4, -0.2) is 0 Å². The summed E-state index contributed by atoms with van der Waals surface area (Å²) in [5.41, 5.74) is 25.4. The second kappa shape index (κ2) is 27.7. The van der Waals surface area contributed by atoms with Gasteiger partial charge in [0.05, 0.1) is 0 Å². The van der Waals surface area contributed by atoms with Crippen LogP contribution < -0.4 is 18.3 Å². The highest BCUT2D eigenvalue weighted by Crippen LogP contribution is 2.41. The first-order valence-corrected chi connectivity index (χ1v) is 37.9. The number of furan rings is 4. The number of benzene rings is 12. The van der Waals surface area contributed by atoms with E-state index in [4.69, 9.17) is 23.2 Å². The van der Waals surface area contributed by atoms with Gasteiger partial charge in [0, 0.05) is 95.1 Å². The number of fused-ring (bicyclic) bond motifs is 16. The minimum Gasteiger partial charge on any atom is -0.450 e. The van der Waals surface area contributed by atoms with E-state index in [0.717, 1.165) is 125 Å². The molecule has 20 aromatic rings. The van der Waals surface area contributed by atoms with Crippen molar-refractivity contribution in [1.29, 1.82) is 0 Å². The van der Waals surface area contributed by atoms with Crippen molar-refractivity contribution in [2.75, 3.05) is 0 Å². The number of aryl methyl sites for hydroxylation is 11. The summed E-state index contributed by atoms with van der Waals surface area (Å²) in [6.45, 7) is 10.6. The van der Waals surface area contributed by atoms with Crippen molar-refractivity contribution < 1.29 is 41.4 Å². The zero-order valence-electron chi connectivity index (χ0n) is 67.4. The highest BCUT2D eigenvalue weighted by molar-refractivity contribution is 6.14. The van der Waals surface area contributed by atoms with Crippen molar-refractivity contribution in [1.82, 2.24) is 0 Å². The van der Waals surface area contributed by atoms with Crippen molar-refractivity contribution in [3.63, 3.8) is 0 Å². The Bertz CT molecular complexity index is 7250. The van der Waals surface area contributed by atoms with E-state index in [9.17, 15) is 0 Å². The third kappa shape index (κ3) is 12.8. The normalized spacial score (nSPS) is 13.6. The van der Waals surface area contributed by atoms with Gasteiger partial charge >= 0.3 is 0 Å². The van der Waals surface area contributed by atoms with E-state index in [0.29, 0.717) is 5.56 Å². The van der Waals surface area contributed by atoms with Crippen LogP contribution in [0.1, 0.15) is 88.0 Å². The highest BCUT2D eigenvalue weighted by atomic mass is 16.3. The lowest BCUT2D eigenvalue weighted by atomic mass is 9.83. The van der Waals surface area contributed by atoms with Crippen molar-refractivity contribution in [2.24, 2.45) is 28.2 Å². The Morgan fingerprint density at radius 3 is 0.991 bits per heavy atom. The fourth-order valence-electron chi connectivity index (χ4n) is 16.8. The maximum atomic E-state index is 9.01. The van der Waals surface area contributed by atoms with Gasteiger partial charge in [0.25, 0.3) is 0 Å². The molecule has 0 amide bonds. The van der Waals surface area contributed by atoms with Gasteiger partial charge in [0.1, 0.15) is 50.5 Å². The molecule has 0 unspecified atom stereocenters. The average molecular weight is 1430 g/mol. The van der Waals surface area contributed by atoms with Crippen molar-refractivity contribution in [3.05, 3.63) is 312 Å². The van der Waals surface area contributed by atoms with Crippen LogP contribution in [0.3, 0.4) is 0 Å². The summed E-state index contributed by atoms with van der Waals surface area (Å²) in [5, 5.41) is 18.7. The van der Waals surface area contributed by atoms with Crippen LogP contribution in [0.5, 0.6) is 0 Å². The molecule has 532 valence electrons. The van der Waals surface area contributed by atoms with E-state index in [-0.39, 0.29) is 0 Å². The SMILES string of the molecule is Cc1ccc(-c2cc3c(c[n+]2C)oc2cc4ccccc4cc23)c(C)c1.Cc1ccccc1-c1cc2c(c[n+]1C)oc1cc3ccccc3cc12.[2H]C([2H])([2H])c1ccc(-c2cc3c(c[n+]2C)oc2cc4cc(C)ccc4cc23)c(C)c1.[2H]C1(c2ccc3cc4c(cc3c2)oc2c[n+](C)c(-c3ccccc3C)cc24)CCCCC1. The van der Waals surface area contributed by atoms with Gasteiger partial charge in [-0.05, 0) is 211 Å². The number of rotatable bonds is 5. The third-order valence-electron chi connectivity index (χ3n) is 22.6. The topological polar surface area (TPSA) is 68.1 Å². The number of hydrogen-bond acceptors (Lipinski definition) is 4. The summed E-state index contributed by atoms with van der Waals surface area (Å²) in [6.07, 6.45) is 13.8. The predicted octanol–water partition coefficient (Wildman–Crippen LogP) is 25.1. The second-order valence-corrected chi connectivity index (χ2v) is 30.2. The molecule has 12 aromatic carbocycles. The maximum Gasteiger partial charge on any atom is 0.213 e. The molecule has 0 spiro atoms. The largest absolute Gasteiger partial charge is 0.450 e. The molecule has 8 aromatic heterocycles. The van der Waals surface area contributed by atoms with E-state index in [1.807, 2.05) is 30.8 Å². The maximum absolute atomic E-state index is 9.01. The van der Waals surface area contributed by atoms with Gasteiger partial charge in [-0.3, -0.25) is 0 Å². The molecule has 0 N–H and O–H groups in total. The first-order valence-electron chi connectivity index (χ1n) is 39.9. The molecule has 8 heterocycles. The predicted molar refractivity (Wildman–Crippen MR) is 450 cm³/mol. The molecule has 0 bridgehead atoms. The molecular formula is C101H88N4O4+4. The highest BCUT2D eigenvalue weighted by Gasteiger charge is 2.25. The molecule has 109 heavy (non-hydrogen) atoms. The minimum absolute atomic E-state index is 0.364. The Balaban J connectivity index is 0.000000105. The lowest BCUT2D eigenvalue weighted by Gasteiger charge is -2.22. The standard InChI is InChI=1S/C29H28NO.C25H22NO.C24H20NO.C23H18NO/c1-19-8-6-7-11-24(19)27-17-26-25-15-22-13-12-21(20-9-4-3-5-10-20)14-23(22)16-28(25)31-29(26)18-30(27)2;1-15-6-8-20(17(3)9-15)23-13-22-21-11-18-7-5-16(2)10-19(18)12-24(21)27-25(22)14-26(23)4;1-15-8-9-19(16(2)10-15)22-13-21-20-11-17-6-4-5-7-18(17)12-23(20)26-24(21)14-25(22)3;1-15-7-3-6-10-18(15)21-13-20-19-11-16-8-4-5-9-17(16)12-22(19)25-23(20)14-24(21)2/h6-8,11-18,20H,3-5,9-10H2,1-2H3;5-14H,1-4H3;4-14H,1-3H3;3-14H,1-2H3/q4*+1/i20D;1D3;;. The fourth-order valence-corrected chi connectivity index (χ4v) is 16.8. The van der Waals surface area contributed by atoms with Gasteiger partial charge in [-0.1, -0.05) is 182 Å². The fraction of sp³-hybridized carbons (Fsp3) is 0.168. The van der Waals surface area contributed by atoms with Crippen molar-refractivity contribution in [2.45, 2.75) is 86.4 Å². The number of nitrogens with zero attached hydrogens (tertiary/aromatic N) is 4. The Kier molecular flexibility index (Phi) is 16.2. The Labute approximate surface area is 640 Å². The average Bonchev–Trinajstić information content (AvgIpc) is 1.65. The molecule has 1 aliphatic carbocycles. The Hall–Kier alpha value is -12.5. The number of pyridine rings is 4. The molecule has 1 aliphatic rings. The van der Waals surface area contributed by atoms with Crippen LogP contribution in [0, 0.1) is 48.4 Å². The summed E-state index contributed by atoms with van der Waals surface area (Å²) >= 11 is 0. The van der Waals surface area contributed by atoms with Gasteiger partial charge in [-0.25, -0.2) is 0 Å². The molecule has 0 atom stereocenters. The van der Waals surface area contributed by atoms with Crippen molar-refractivity contribution in [3.8, 4) is 45.0 Å². The summed E-state index contributed by atoms with van der Waals surface area (Å²) < 4.78 is 65.2. The summed E-state index contributed by atoms with van der Waals surface area (Å²) in [7, 11) is 8.22. The molecular weight excluding hydrogens is 1330 g/mol. The molecule has 21 rings (SSSR count). The second-order valence-electron chi connectivity index (χ2n) is 30.2. The summed E-state index contributed by atoms with van der Waals surface area (Å²) in [5.74, 6) is -0.439. The van der Waals surface area contributed by atoms with Crippen LogP contribution >= 0.6 is 0 Å². The molecule has 0 saturated heterocycles.